The van der Waals surface area contributed by atoms with Crippen molar-refractivity contribution in [3.63, 3.8) is 0 Å². The Labute approximate surface area is 160 Å². The predicted octanol–water partition coefficient (Wildman–Crippen LogP) is 3.77. The molecule has 2 aromatic rings. The third kappa shape index (κ3) is 6.43. The largest absolute Gasteiger partial charge is 0.497 e. The minimum atomic E-state index is 0. The average Bonchev–Trinajstić information content (AvgIpc) is 3.11. The number of nitrogens with one attached hydrogen (secondary N) is 2. The molecule has 1 unspecified atom stereocenters. The maximum absolute atomic E-state index is 5.29. The Morgan fingerprint density at radius 2 is 1.96 bits per heavy atom. The molecule has 0 saturated carbocycles. The van der Waals surface area contributed by atoms with Crippen LogP contribution >= 0.6 is 24.0 Å². The molecule has 1 aromatic heterocycles. The van der Waals surface area contributed by atoms with E-state index in [-0.39, 0.29) is 24.0 Å². The fourth-order valence-electron chi connectivity index (χ4n) is 2.31. The van der Waals surface area contributed by atoms with Crippen molar-refractivity contribution in [2.75, 3.05) is 20.7 Å². The summed E-state index contributed by atoms with van der Waals surface area (Å²) in [6.45, 7) is 3.70. The smallest absolute Gasteiger partial charge is 0.191 e. The van der Waals surface area contributed by atoms with Gasteiger partial charge in [0.15, 0.2) is 5.96 Å². The summed E-state index contributed by atoms with van der Waals surface area (Å²) in [5.41, 5.74) is 1.31. The van der Waals surface area contributed by atoms with Gasteiger partial charge in [-0.15, -0.1) is 24.0 Å². The summed E-state index contributed by atoms with van der Waals surface area (Å²) in [4.78, 5) is 4.22. The number of nitrogens with zero attached hydrogens (tertiary/aromatic N) is 1. The third-order valence-corrected chi connectivity index (χ3v) is 3.79. The van der Waals surface area contributed by atoms with Crippen molar-refractivity contribution in [1.82, 2.24) is 10.6 Å². The molecule has 2 N–H and O–H groups in total. The highest BCUT2D eigenvalue weighted by Crippen LogP contribution is 2.21. The van der Waals surface area contributed by atoms with Crippen LogP contribution in [0.2, 0.25) is 0 Å². The number of ether oxygens (including phenoxy) is 1. The lowest BCUT2D eigenvalue weighted by molar-refractivity contribution is 0.414. The highest BCUT2D eigenvalue weighted by atomic mass is 127. The Kier molecular flexibility index (Phi) is 9.29. The monoisotopic (exact) mass is 443 g/mol. The molecule has 0 aliphatic carbocycles. The topological polar surface area (TPSA) is 58.8 Å². The van der Waals surface area contributed by atoms with Gasteiger partial charge in [-0.3, -0.25) is 4.99 Å². The zero-order valence-corrected chi connectivity index (χ0v) is 16.7. The van der Waals surface area contributed by atoms with E-state index in [9.17, 15) is 0 Å². The van der Waals surface area contributed by atoms with Crippen LogP contribution in [0.5, 0.6) is 5.75 Å². The number of methoxy groups -OCH3 is 1. The van der Waals surface area contributed by atoms with Gasteiger partial charge in [0.05, 0.1) is 19.9 Å². The van der Waals surface area contributed by atoms with Gasteiger partial charge < -0.3 is 19.8 Å². The first-order valence-corrected chi connectivity index (χ1v) is 7.83. The van der Waals surface area contributed by atoms with E-state index in [0.29, 0.717) is 12.5 Å². The van der Waals surface area contributed by atoms with Crippen LogP contribution in [0, 0.1) is 0 Å². The van der Waals surface area contributed by atoms with Crippen molar-refractivity contribution >= 4 is 29.9 Å². The molecule has 24 heavy (non-hydrogen) atoms. The lowest BCUT2D eigenvalue weighted by Crippen LogP contribution is -2.37. The molecule has 132 valence electrons. The quantitative estimate of drug-likeness (QED) is 0.389. The van der Waals surface area contributed by atoms with E-state index < -0.39 is 0 Å². The third-order valence-electron chi connectivity index (χ3n) is 3.79. The van der Waals surface area contributed by atoms with Gasteiger partial charge in [-0.25, -0.2) is 0 Å². The standard InChI is InChI=1S/C18H25N3O2.HI/c1-14(15-6-8-16(22-3)9-7-15)10-11-20-18(19-2)21-13-17-5-4-12-23-17;/h4-9,12,14H,10-11,13H2,1-3H3,(H2,19,20,21);1H. The highest BCUT2D eigenvalue weighted by molar-refractivity contribution is 14.0. The number of aliphatic imine (C=N–C) groups is 1. The minimum absolute atomic E-state index is 0. The lowest BCUT2D eigenvalue weighted by atomic mass is 9.98. The van der Waals surface area contributed by atoms with Crippen LogP contribution in [0.3, 0.4) is 0 Å². The van der Waals surface area contributed by atoms with Crippen molar-refractivity contribution in [1.29, 1.82) is 0 Å². The van der Waals surface area contributed by atoms with Crippen molar-refractivity contribution in [2.45, 2.75) is 25.8 Å². The summed E-state index contributed by atoms with van der Waals surface area (Å²) < 4.78 is 10.5. The zero-order valence-electron chi connectivity index (χ0n) is 14.4. The van der Waals surface area contributed by atoms with E-state index >= 15 is 0 Å². The van der Waals surface area contributed by atoms with Crippen molar-refractivity contribution in [3.05, 3.63) is 54.0 Å². The zero-order chi connectivity index (χ0) is 16.5. The molecule has 0 amide bonds. The summed E-state index contributed by atoms with van der Waals surface area (Å²) in [6, 6.07) is 12.1. The van der Waals surface area contributed by atoms with Crippen molar-refractivity contribution < 1.29 is 9.15 Å². The van der Waals surface area contributed by atoms with E-state index in [2.05, 4.69) is 34.7 Å². The van der Waals surface area contributed by atoms with Gasteiger partial charge in [0.25, 0.3) is 0 Å². The van der Waals surface area contributed by atoms with Crippen LogP contribution in [0.4, 0.5) is 0 Å². The molecule has 5 nitrogen and oxygen atoms in total. The first-order chi connectivity index (χ1) is 11.2. The molecule has 6 heteroatoms. The van der Waals surface area contributed by atoms with Gasteiger partial charge in [-0.05, 0) is 42.2 Å². The predicted molar refractivity (Wildman–Crippen MR) is 108 cm³/mol. The molecular formula is C18H26IN3O2. The molecule has 0 spiro atoms. The van der Waals surface area contributed by atoms with Gasteiger partial charge in [0.1, 0.15) is 11.5 Å². The van der Waals surface area contributed by atoms with Gasteiger partial charge in [-0.2, -0.15) is 0 Å². The number of rotatable bonds is 7. The lowest BCUT2D eigenvalue weighted by Gasteiger charge is -2.15. The molecular weight excluding hydrogens is 417 g/mol. The molecule has 0 aliphatic rings. The fourth-order valence-corrected chi connectivity index (χ4v) is 2.31. The van der Waals surface area contributed by atoms with Gasteiger partial charge >= 0.3 is 0 Å². The normalized spacial score (nSPS) is 12.2. The number of furan rings is 1. The van der Waals surface area contributed by atoms with Crippen LogP contribution in [0.25, 0.3) is 0 Å². The molecule has 2 rings (SSSR count). The Bertz CT molecular complexity index is 597. The summed E-state index contributed by atoms with van der Waals surface area (Å²) in [5, 5.41) is 6.56. The Balaban J connectivity index is 0.00000288. The molecule has 0 saturated heterocycles. The minimum Gasteiger partial charge on any atom is -0.497 e. The van der Waals surface area contributed by atoms with Crippen molar-refractivity contribution in [3.8, 4) is 5.75 Å². The van der Waals surface area contributed by atoms with Crippen LogP contribution < -0.4 is 15.4 Å². The van der Waals surface area contributed by atoms with E-state index in [0.717, 1.165) is 30.4 Å². The van der Waals surface area contributed by atoms with Crippen LogP contribution in [0.15, 0.2) is 52.1 Å². The highest BCUT2D eigenvalue weighted by Gasteiger charge is 2.06. The van der Waals surface area contributed by atoms with E-state index in [4.69, 9.17) is 9.15 Å². The molecule has 0 fully saturated rings. The number of guanidine groups is 1. The molecule has 1 heterocycles. The number of halogens is 1. The van der Waals surface area contributed by atoms with Crippen LogP contribution in [0.1, 0.15) is 30.6 Å². The van der Waals surface area contributed by atoms with Gasteiger partial charge in [0.2, 0.25) is 0 Å². The Morgan fingerprint density at radius 3 is 2.54 bits per heavy atom. The first kappa shape index (κ1) is 20.3. The number of hydrogen-bond acceptors (Lipinski definition) is 3. The summed E-state index contributed by atoms with van der Waals surface area (Å²) >= 11 is 0. The number of benzene rings is 1. The summed E-state index contributed by atoms with van der Waals surface area (Å²) in [6.07, 6.45) is 2.69. The van der Waals surface area contributed by atoms with E-state index in [1.807, 2.05) is 24.3 Å². The molecule has 0 radical (unpaired) electrons. The molecule has 1 aromatic carbocycles. The number of hydrogen-bond donors (Lipinski definition) is 2. The summed E-state index contributed by atoms with van der Waals surface area (Å²) in [5.74, 6) is 3.03. The average molecular weight is 443 g/mol. The maximum Gasteiger partial charge on any atom is 0.191 e. The van der Waals surface area contributed by atoms with Gasteiger partial charge in [0, 0.05) is 13.6 Å². The van der Waals surface area contributed by atoms with Crippen LogP contribution in [-0.4, -0.2) is 26.7 Å². The maximum atomic E-state index is 5.29. The Hall–Kier alpha value is -1.70. The summed E-state index contributed by atoms with van der Waals surface area (Å²) in [7, 11) is 3.45. The molecule has 1 atom stereocenters. The van der Waals surface area contributed by atoms with Gasteiger partial charge in [-0.1, -0.05) is 19.1 Å². The van der Waals surface area contributed by atoms with E-state index in [1.54, 1.807) is 20.4 Å². The first-order valence-electron chi connectivity index (χ1n) is 7.83. The second-order valence-corrected chi connectivity index (χ2v) is 5.39. The molecule has 0 aliphatic heterocycles. The SMILES string of the molecule is CN=C(NCCC(C)c1ccc(OC)cc1)NCc1ccco1.I. The fraction of sp³-hybridized carbons (Fsp3) is 0.389. The van der Waals surface area contributed by atoms with Crippen LogP contribution in [-0.2, 0) is 6.54 Å². The second kappa shape index (κ2) is 11.0. The van der Waals surface area contributed by atoms with E-state index in [1.165, 1.54) is 5.56 Å². The van der Waals surface area contributed by atoms with Crippen molar-refractivity contribution in [2.24, 2.45) is 4.99 Å². The molecule has 0 bridgehead atoms. The second-order valence-electron chi connectivity index (χ2n) is 5.39. The Morgan fingerprint density at radius 1 is 1.21 bits per heavy atom.